The minimum atomic E-state index is -0.691. The Bertz CT molecular complexity index is 1180. The monoisotopic (exact) mass is 612 g/mol. The van der Waals surface area contributed by atoms with E-state index in [0.717, 1.165) is 36.4 Å². The van der Waals surface area contributed by atoms with Gasteiger partial charge in [0.2, 0.25) is 5.91 Å². The summed E-state index contributed by atoms with van der Waals surface area (Å²) in [4.78, 5) is 55.9. The summed E-state index contributed by atoms with van der Waals surface area (Å²) in [5, 5.41) is 3.30. The van der Waals surface area contributed by atoms with Crippen molar-refractivity contribution >= 4 is 70.5 Å². The number of hydrogen-bond acceptors (Lipinski definition) is 8. The Morgan fingerprint density at radius 1 is 1.07 bits per heavy atom. The SMILES string of the molecule is CCCCNCCCC(=O)N(C[C@H]1CN(c2ccc(N3CCOCC3=O)cc2)C(=O)O1)C(=O)c1ccc(Cl)s1.Cl. The number of morpholine rings is 1. The van der Waals surface area contributed by atoms with Gasteiger partial charge in [0.1, 0.15) is 12.7 Å². The first-order valence-corrected chi connectivity index (χ1v) is 14.3. The quantitative estimate of drug-likeness (QED) is 0.355. The Morgan fingerprint density at radius 2 is 1.77 bits per heavy atom. The highest BCUT2D eigenvalue weighted by atomic mass is 35.5. The summed E-state index contributed by atoms with van der Waals surface area (Å²) in [6, 6.07) is 10.2. The molecular weight excluding hydrogens is 579 g/mol. The molecule has 10 nitrogen and oxygen atoms in total. The number of rotatable bonds is 12. The second-order valence-electron chi connectivity index (χ2n) is 9.35. The molecule has 0 bridgehead atoms. The molecule has 2 aromatic rings. The molecule has 0 unspecified atom stereocenters. The minimum Gasteiger partial charge on any atom is -0.442 e. The standard InChI is InChI=1S/C27H33ClN4O6S.ClH/c1-2-3-12-29-13-4-5-24(33)32(26(35)22-10-11-23(28)39-22)17-21-16-31(27(36)38-21)20-8-6-19(7-9-20)30-14-15-37-18-25(30)34;/h6-11,21,29H,2-5,12-18H2,1H3;1H/t21-;/m1./s1. The Morgan fingerprint density at radius 3 is 2.42 bits per heavy atom. The molecule has 0 aliphatic carbocycles. The fraction of sp³-hybridized carbons (Fsp3) is 0.481. The van der Waals surface area contributed by atoms with Crippen molar-refractivity contribution in [2.45, 2.75) is 38.7 Å². The van der Waals surface area contributed by atoms with Gasteiger partial charge in [-0.1, -0.05) is 24.9 Å². The lowest BCUT2D eigenvalue weighted by molar-refractivity contribution is -0.129. The number of benzene rings is 1. The van der Waals surface area contributed by atoms with Crippen molar-refractivity contribution in [3.05, 3.63) is 45.6 Å². The van der Waals surface area contributed by atoms with Gasteiger partial charge in [-0.25, -0.2) is 4.79 Å². The third-order valence-corrected chi connectivity index (χ3v) is 7.72. The number of carbonyl (C=O) groups is 4. The molecule has 3 heterocycles. The largest absolute Gasteiger partial charge is 0.442 e. The van der Waals surface area contributed by atoms with Crippen LogP contribution >= 0.6 is 35.3 Å². The summed E-state index contributed by atoms with van der Waals surface area (Å²) < 4.78 is 11.2. The second-order valence-corrected chi connectivity index (χ2v) is 11.1. The number of carbonyl (C=O) groups excluding carboxylic acids is 4. The van der Waals surface area contributed by atoms with Crippen LogP contribution in [0, 0.1) is 0 Å². The average Bonchev–Trinajstić information content (AvgIpc) is 3.54. The number of imide groups is 1. The molecule has 40 heavy (non-hydrogen) atoms. The zero-order chi connectivity index (χ0) is 27.8. The van der Waals surface area contributed by atoms with E-state index in [1.165, 1.54) is 9.80 Å². The lowest BCUT2D eigenvalue weighted by Gasteiger charge is -2.27. The number of cyclic esters (lactones) is 1. The van der Waals surface area contributed by atoms with E-state index >= 15 is 0 Å². The molecule has 1 N–H and O–H groups in total. The lowest BCUT2D eigenvalue weighted by Crippen LogP contribution is -2.43. The molecule has 13 heteroatoms. The van der Waals surface area contributed by atoms with Gasteiger partial charge in [-0.3, -0.25) is 24.2 Å². The fourth-order valence-corrected chi connectivity index (χ4v) is 5.41. The van der Waals surface area contributed by atoms with E-state index in [-0.39, 0.29) is 50.3 Å². The van der Waals surface area contributed by atoms with Crippen LogP contribution in [0.5, 0.6) is 0 Å². The Hall–Kier alpha value is -2.70. The summed E-state index contributed by atoms with van der Waals surface area (Å²) in [5.41, 5.74) is 1.32. The lowest BCUT2D eigenvalue weighted by atomic mass is 10.2. The van der Waals surface area contributed by atoms with Crippen LogP contribution in [0.2, 0.25) is 4.34 Å². The zero-order valence-corrected chi connectivity index (χ0v) is 24.7. The van der Waals surface area contributed by atoms with Gasteiger partial charge in [0, 0.05) is 24.3 Å². The topological polar surface area (TPSA) is 108 Å². The molecule has 2 saturated heterocycles. The van der Waals surface area contributed by atoms with Gasteiger partial charge in [-0.2, -0.15) is 0 Å². The molecule has 218 valence electrons. The number of amides is 4. The number of unbranched alkanes of at least 4 members (excludes halogenated alkanes) is 1. The Kier molecular flexibility index (Phi) is 12.2. The molecule has 4 amide bonds. The van der Waals surface area contributed by atoms with E-state index in [2.05, 4.69) is 12.2 Å². The highest BCUT2D eigenvalue weighted by molar-refractivity contribution is 7.18. The van der Waals surface area contributed by atoms with Gasteiger partial charge < -0.3 is 19.7 Å². The van der Waals surface area contributed by atoms with Crippen molar-refractivity contribution in [1.29, 1.82) is 0 Å². The predicted octanol–water partition coefficient (Wildman–Crippen LogP) is 4.35. The van der Waals surface area contributed by atoms with Crippen molar-refractivity contribution < 1.29 is 28.7 Å². The van der Waals surface area contributed by atoms with Crippen LogP contribution in [0.1, 0.15) is 42.3 Å². The van der Waals surface area contributed by atoms with Gasteiger partial charge in [-0.15, -0.1) is 23.7 Å². The number of halogens is 2. The number of hydrogen-bond donors (Lipinski definition) is 1. The number of nitrogens with zero attached hydrogens (tertiary/aromatic N) is 3. The molecule has 2 fully saturated rings. The van der Waals surface area contributed by atoms with Gasteiger partial charge in [0.15, 0.2) is 0 Å². The third kappa shape index (κ3) is 8.17. The first-order chi connectivity index (χ1) is 18.9. The Balaban J connectivity index is 0.00000441. The van der Waals surface area contributed by atoms with Crippen LogP contribution in [-0.4, -0.2) is 80.8 Å². The van der Waals surface area contributed by atoms with Crippen molar-refractivity contribution in [3.63, 3.8) is 0 Å². The maximum atomic E-state index is 13.3. The highest BCUT2D eigenvalue weighted by Gasteiger charge is 2.36. The van der Waals surface area contributed by atoms with Crippen molar-refractivity contribution in [2.24, 2.45) is 0 Å². The molecule has 2 aliphatic rings. The molecule has 1 atom stereocenters. The third-order valence-electron chi connectivity index (χ3n) is 6.50. The number of thiophene rings is 1. The summed E-state index contributed by atoms with van der Waals surface area (Å²) in [6.45, 7) is 4.78. The average molecular weight is 614 g/mol. The summed E-state index contributed by atoms with van der Waals surface area (Å²) >= 11 is 7.13. The van der Waals surface area contributed by atoms with Gasteiger partial charge in [0.05, 0.1) is 28.9 Å². The molecule has 4 rings (SSSR count). The van der Waals surface area contributed by atoms with E-state index in [1.54, 1.807) is 41.3 Å². The zero-order valence-electron chi connectivity index (χ0n) is 22.3. The normalized spacial score (nSPS) is 17.0. The van der Waals surface area contributed by atoms with Crippen LogP contribution in [0.25, 0.3) is 0 Å². The molecule has 0 spiro atoms. The van der Waals surface area contributed by atoms with Gasteiger partial charge in [0.25, 0.3) is 11.8 Å². The molecule has 0 radical (unpaired) electrons. The van der Waals surface area contributed by atoms with E-state index in [4.69, 9.17) is 21.1 Å². The van der Waals surface area contributed by atoms with Crippen molar-refractivity contribution in [2.75, 3.05) is 55.7 Å². The number of ether oxygens (including phenoxy) is 2. The molecule has 0 saturated carbocycles. The van der Waals surface area contributed by atoms with Crippen molar-refractivity contribution in [1.82, 2.24) is 10.2 Å². The van der Waals surface area contributed by atoms with E-state index in [0.29, 0.717) is 41.0 Å². The van der Waals surface area contributed by atoms with Crippen LogP contribution in [-0.2, 0) is 19.1 Å². The first kappa shape index (κ1) is 31.8. The maximum Gasteiger partial charge on any atom is 0.414 e. The van der Waals surface area contributed by atoms with E-state index in [9.17, 15) is 19.2 Å². The Labute approximate surface area is 248 Å². The van der Waals surface area contributed by atoms with Gasteiger partial charge >= 0.3 is 6.09 Å². The highest BCUT2D eigenvalue weighted by Crippen LogP contribution is 2.27. The molecule has 1 aromatic heterocycles. The second kappa shape index (κ2) is 15.3. The summed E-state index contributed by atoms with van der Waals surface area (Å²) in [5.74, 6) is -0.895. The maximum absolute atomic E-state index is 13.3. The molecule has 1 aromatic carbocycles. The molecule has 2 aliphatic heterocycles. The summed E-state index contributed by atoms with van der Waals surface area (Å²) in [7, 11) is 0. The number of anilines is 2. The van der Waals surface area contributed by atoms with Crippen LogP contribution in [0.15, 0.2) is 36.4 Å². The minimum absolute atomic E-state index is 0. The van der Waals surface area contributed by atoms with E-state index in [1.807, 2.05) is 0 Å². The summed E-state index contributed by atoms with van der Waals surface area (Å²) in [6.07, 6.45) is 1.68. The van der Waals surface area contributed by atoms with E-state index < -0.39 is 18.1 Å². The van der Waals surface area contributed by atoms with Gasteiger partial charge in [-0.05, 0) is 62.3 Å². The van der Waals surface area contributed by atoms with Crippen LogP contribution < -0.4 is 15.1 Å². The van der Waals surface area contributed by atoms with Crippen LogP contribution in [0.3, 0.4) is 0 Å². The predicted molar refractivity (Wildman–Crippen MR) is 157 cm³/mol. The smallest absolute Gasteiger partial charge is 0.414 e. The van der Waals surface area contributed by atoms with Crippen LogP contribution in [0.4, 0.5) is 16.2 Å². The number of nitrogens with one attached hydrogen (secondary N) is 1. The van der Waals surface area contributed by atoms with Crippen molar-refractivity contribution in [3.8, 4) is 0 Å². The first-order valence-electron chi connectivity index (χ1n) is 13.1. The molecular formula is C27H34Cl2N4O6S. The fourth-order valence-electron chi connectivity index (χ4n) is 4.42.